The van der Waals surface area contributed by atoms with Crippen molar-refractivity contribution in [2.24, 2.45) is 10.9 Å². The Morgan fingerprint density at radius 2 is 2.00 bits per heavy atom. The summed E-state index contributed by atoms with van der Waals surface area (Å²) in [5.74, 6) is 1.53. The Hall–Kier alpha value is -0.0500. The maximum atomic E-state index is 12.0. The van der Waals surface area contributed by atoms with Gasteiger partial charge < -0.3 is 10.2 Å². The number of aliphatic imine (C=N–C) groups is 1. The van der Waals surface area contributed by atoms with Crippen molar-refractivity contribution in [1.29, 1.82) is 0 Å². The lowest BCUT2D eigenvalue weighted by atomic mass is 10.2. The van der Waals surface area contributed by atoms with Crippen molar-refractivity contribution in [1.82, 2.24) is 10.2 Å². The van der Waals surface area contributed by atoms with E-state index in [1.165, 1.54) is 0 Å². The van der Waals surface area contributed by atoms with Gasteiger partial charge in [0.25, 0.3) is 0 Å². The average molecular weight is 417 g/mol. The summed E-state index contributed by atoms with van der Waals surface area (Å²) in [6.07, 6.45) is 0. The zero-order chi connectivity index (χ0) is 14.7. The average Bonchev–Trinajstić information content (AvgIpc) is 2.28. The Morgan fingerprint density at radius 1 is 1.40 bits per heavy atom. The van der Waals surface area contributed by atoms with Crippen molar-refractivity contribution in [3.8, 4) is 0 Å². The zero-order valence-electron chi connectivity index (χ0n) is 13.1. The lowest BCUT2D eigenvalue weighted by molar-refractivity contribution is 0.352. The molecule has 0 spiro atoms. The van der Waals surface area contributed by atoms with Gasteiger partial charge in [-0.1, -0.05) is 13.8 Å². The summed E-state index contributed by atoms with van der Waals surface area (Å²) in [6, 6.07) is 0. The van der Waals surface area contributed by atoms with E-state index in [1.807, 2.05) is 6.92 Å². The van der Waals surface area contributed by atoms with E-state index in [4.69, 9.17) is 0 Å². The molecule has 0 radical (unpaired) electrons. The van der Waals surface area contributed by atoms with Crippen LogP contribution in [-0.2, 0) is 9.84 Å². The lowest BCUT2D eigenvalue weighted by Gasteiger charge is -2.39. The second-order valence-electron chi connectivity index (χ2n) is 6.09. The molecule has 0 atom stereocenters. The van der Waals surface area contributed by atoms with Crippen molar-refractivity contribution < 1.29 is 8.42 Å². The third kappa shape index (κ3) is 5.05. The monoisotopic (exact) mass is 417 g/mol. The van der Waals surface area contributed by atoms with Crippen LogP contribution < -0.4 is 5.32 Å². The second-order valence-corrected chi connectivity index (χ2v) is 8.83. The van der Waals surface area contributed by atoms with Crippen LogP contribution in [0.25, 0.3) is 0 Å². The number of nitrogens with one attached hydrogen (secondary N) is 1. The Morgan fingerprint density at radius 3 is 2.45 bits per heavy atom. The molecule has 1 rings (SSSR count). The smallest absolute Gasteiger partial charge is 0.194 e. The molecule has 7 heteroatoms. The fourth-order valence-electron chi connectivity index (χ4n) is 2.02. The number of guanidine groups is 1. The van der Waals surface area contributed by atoms with E-state index in [2.05, 4.69) is 29.1 Å². The van der Waals surface area contributed by atoms with Gasteiger partial charge in [0, 0.05) is 26.2 Å². The predicted octanol–water partition coefficient (Wildman–Crippen LogP) is 1.73. The highest BCUT2D eigenvalue weighted by Crippen LogP contribution is 2.23. The van der Waals surface area contributed by atoms with Gasteiger partial charge in [-0.3, -0.25) is 4.99 Å². The van der Waals surface area contributed by atoms with E-state index < -0.39 is 14.6 Å². The van der Waals surface area contributed by atoms with Crippen molar-refractivity contribution in [3.05, 3.63) is 0 Å². The number of rotatable bonds is 3. The van der Waals surface area contributed by atoms with Crippen LogP contribution in [0.4, 0.5) is 0 Å². The molecule has 5 nitrogen and oxygen atoms in total. The van der Waals surface area contributed by atoms with Crippen LogP contribution in [0.2, 0.25) is 0 Å². The summed E-state index contributed by atoms with van der Waals surface area (Å²) in [5, 5.41) is 3.25. The van der Waals surface area contributed by atoms with Gasteiger partial charge in [-0.15, -0.1) is 24.0 Å². The molecule has 0 aromatic heterocycles. The summed E-state index contributed by atoms with van der Waals surface area (Å²) in [4.78, 5) is 6.65. The summed E-state index contributed by atoms with van der Waals surface area (Å²) in [5.41, 5.74) is 0. The van der Waals surface area contributed by atoms with Gasteiger partial charge >= 0.3 is 0 Å². The van der Waals surface area contributed by atoms with Gasteiger partial charge in [0.1, 0.15) is 0 Å². The largest absolute Gasteiger partial charge is 0.357 e. The van der Waals surface area contributed by atoms with Crippen LogP contribution in [0.5, 0.6) is 0 Å². The normalized spacial score (nSPS) is 21.5. The van der Waals surface area contributed by atoms with Crippen LogP contribution >= 0.6 is 24.0 Å². The van der Waals surface area contributed by atoms with Crippen LogP contribution in [0.15, 0.2) is 4.99 Å². The fraction of sp³-hybridized carbons (Fsp3) is 0.923. The molecule has 120 valence electrons. The van der Waals surface area contributed by atoms with E-state index in [0.29, 0.717) is 19.0 Å². The van der Waals surface area contributed by atoms with Crippen LogP contribution in [-0.4, -0.2) is 56.0 Å². The van der Waals surface area contributed by atoms with E-state index in [9.17, 15) is 8.42 Å². The first kappa shape index (κ1) is 19.9. The van der Waals surface area contributed by atoms with Gasteiger partial charge in [-0.25, -0.2) is 8.42 Å². The standard InChI is InChI=1S/C13H27N3O2S.HI/c1-6-14-12(15-9-11(2)3)16-7-8-19(17,18)13(4,5)10-16;/h11H,6-10H2,1-5H3,(H,14,15);1H. The SMILES string of the molecule is CCNC(=NCC(C)C)N1CCS(=O)(=O)C(C)(C)C1.I. The van der Waals surface area contributed by atoms with E-state index in [0.717, 1.165) is 19.0 Å². The molecule has 0 aliphatic carbocycles. The van der Waals surface area contributed by atoms with Crippen molar-refractivity contribution in [2.45, 2.75) is 39.4 Å². The molecule has 0 aromatic rings. The molecule has 1 heterocycles. The molecular formula is C13H28IN3O2S. The quantitative estimate of drug-likeness (QED) is 0.432. The van der Waals surface area contributed by atoms with Crippen LogP contribution in [0.3, 0.4) is 0 Å². The summed E-state index contributed by atoms with van der Waals surface area (Å²) < 4.78 is 23.3. The Labute approximate surface area is 140 Å². The second kappa shape index (κ2) is 7.82. The number of nitrogens with zero attached hydrogens (tertiary/aromatic N) is 2. The molecule has 1 N–H and O–H groups in total. The summed E-state index contributed by atoms with van der Waals surface area (Å²) >= 11 is 0. The first-order chi connectivity index (χ1) is 8.69. The van der Waals surface area contributed by atoms with Gasteiger partial charge in [0.15, 0.2) is 15.8 Å². The molecule has 1 aliphatic rings. The first-order valence-electron chi connectivity index (χ1n) is 6.95. The third-order valence-electron chi connectivity index (χ3n) is 3.28. The van der Waals surface area contributed by atoms with Gasteiger partial charge in [-0.05, 0) is 26.7 Å². The molecule has 0 aromatic carbocycles. The Bertz CT molecular complexity index is 433. The van der Waals surface area contributed by atoms with Gasteiger partial charge in [0.2, 0.25) is 0 Å². The van der Waals surface area contributed by atoms with Crippen LogP contribution in [0, 0.1) is 5.92 Å². The minimum Gasteiger partial charge on any atom is -0.357 e. The molecule has 1 fully saturated rings. The van der Waals surface area contributed by atoms with E-state index in [-0.39, 0.29) is 29.7 Å². The third-order valence-corrected chi connectivity index (χ3v) is 5.82. The maximum absolute atomic E-state index is 12.0. The molecular weight excluding hydrogens is 389 g/mol. The highest BCUT2D eigenvalue weighted by molar-refractivity contribution is 14.0. The summed E-state index contributed by atoms with van der Waals surface area (Å²) in [6.45, 7) is 12.4. The molecule has 0 unspecified atom stereocenters. The Kier molecular flexibility index (Phi) is 7.80. The van der Waals surface area contributed by atoms with Crippen molar-refractivity contribution in [3.63, 3.8) is 0 Å². The number of sulfone groups is 1. The van der Waals surface area contributed by atoms with E-state index in [1.54, 1.807) is 13.8 Å². The predicted molar refractivity (Wildman–Crippen MR) is 95.7 cm³/mol. The first-order valence-corrected chi connectivity index (χ1v) is 8.60. The maximum Gasteiger partial charge on any atom is 0.194 e. The number of hydrogen-bond acceptors (Lipinski definition) is 3. The molecule has 0 amide bonds. The topological polar surface area (TPSA) is 61.8 Å². The highest BCUT2D eigenvalue weighted by Gasteiger charge is 2.40. The molecule has 0 saturated carbocycles. The number of hydrogen-bond donors (Lipinski definition) is 1. The Balaban J connectivity index is 0.00000361. The lowest BCUT2D eigenvalue weighted by Crippen LogP contribution is -2.57. The summed E-state index contributed by atoms with van der Waals surface area (Å²) in [7, 11) is -3.00. The molecule has 1 saturated heterocycles. The molecule has 0 bridgehead atoms. The molecule has 1 aliphatic heterocycles. The zero-order valence-corrected chi connectivity index (χ0v) is 16.3. The number of halogens is 1. The van der Waals surface area contributed by atoms with Gasteiger partial charge in [0.05, 0.1) is 10.5 Å². The van der Waals surface area contributed by atoms with Crippen molar-refractivity contribution >= 4 is 39.8 Å². The highest BCUT2D eigenvalue weighted by atomic mass is 127. The minimum absolute atomic E-state index is 0. The van der Waals surface area contributed by atoms with Crippen molar-refractivity contribution in [2.75, 3.05) is 31.9 Å². The van der Waals surface area contributed by atoms with E-state index >= 15 is 0 Å². The minimum atomic E-state index is -3.00. The fourth-order valence-corrected chi connectivity index (χ4v) is 3.39. The van der Waals surface area contributed by atoms with Crippen LogP contribution in [0.1, 0.15) is 34.6 Å². The van der Waals surface area contributed by atoms with Gasteiger partial charge in [-0.2, -0.15) is 0 Å². The molecule has 20 heavy (non-hydrogen) atoms.